The van der Waals surface area contributed by atoms with E-state index >= 15 is 0 Å². The quantitative estimate of drug-likeness (QED) is 0.596. The van der Waals surface area contributed by atoms with E-state index in [-0.39, 0.29) is 11.9 Å². The van der Waals surface area contributed by atoms with Gasteiger partial charge in [0.05, 0.1) is 0 Å². The number of hydrogen-bond donors (Lipinski definition) is 3. The second kappa shape index (κ2) is 5.86. The summed E-state index contributed by atoms with van der Waals surface area (Å²) in [5, 5.41) is 0. The second-order valence-electron chi connectivity index (χ2n) is 4.57. The zero-order valence-electron chi connectivity index (χ0n) is 10.5. The van der Waals surface area contributed by atoms with Gasteiger partial charge < -0.3 is 10.7 Å². The Bertz CT molecular complexity index is 632. The Labute approximate surface area is 122 Å². The highest BCUT2D eigenvalue weighted by molar-refractivity contribution is 7.80. The number of halogens is 1. The van der Waals surface area contributed by atoms with E-state index in [0.29, 0.717) is 11.1 Å². The van der Waals surface area contributed by atoms with E-state index in [1.807, 2.05) is 19.1 Å². The summed E-state index contributed by atoms with van der Waals surface area (Å²) in [6.07, 6.45) is 0.529. The first kappa shape index (κ1) is 14.2. The molecule has 5 heteroatoms. The SMILES string of the molecule is Cc1cc(F)cc(CC(N)c2[nH]c(=S)ccc2S)c1. The Hall–Kier alpha value is -1.17. The number of hydrogen-bond acceptors (Lipinski definition) is 3. The number of nitrogens with one attached hydrogen (secondary N) is 1. The molecule has 1 heterocycles. The van der Waals surface area contributed by atoms with Crippen LogP contribution in [0.25, 0.3) is 0 Å². The molecule has 0 radical (unpaired) electrons. The number of pyridine rings is 1. The summed E-state index contributed by atoms with van der Waals surface area (Å²) in [7, 11) is 0. The van der Waals surface area contributed by atoms with Crippen LogP contribution in [0.5, 0.6) is 0 Å². The number of rotatable bonds is 3. The van der Waals surface area contributed by atoms with E-state index in [2.05, 4.69) is 17.6 Å². The highest BCUT2D eigenvalue weighted by Gasteiger charge is 2.11. The van der Waals surface area contributed by atoms with E-state index < -0.39 is 0 Å². The first-order chi connectivity index (χ1) is 8.95. The monoisotopic (exact) mass is 294 g/mol. The third-order valence-electron chi connectivity index (χ3n) is 2.85. The molecule has 0 aliphatic heterocycles. The van der Waals surface area contributed by atoms with Gasteiger partial charge in [0.1, 0.15) is 10.5 Å². The van der Waals surface area contributed by atoms with Crippen LogP contribution in [0.4, 0.5) is 4.39 Å². The number of aromatic nitrogens is 1. The van der Waals surface area contributed by atoms with E-state index in [9.17, 15) is 4.39 Å². The van der Waals surface area contributed by atoms with Crippen LogP contribution >= 0.6 is 24.8 Å². The zero-order chi connectivity index (χ0) is 14.0. The van der Waals surface area contributed by atoms with E-state index in [0.717, 1.165) is 21.7 Å². The summed E-state index contributed by atoms with van der Waals surface area (Å²) in [4.78, 5) is 3.80. The molecule has 100 valence electrons. The lowest BCUT2D eigenvalue weighted by atomic mass is 10.0. The minimum atomic E-state index is -0.295. The lowest BCUT2D eigenvalue weighted by Crippen LogP contribution is -2.16. The lowest BCUT2D eigenvalue weighted by molar-refractivity contribution is 0.618. The van der Waals surface area contributed by atoms with Gasteiger partial charge in [-0.05, 0) is 48.7 Å². The second-order valence-corrected chi connectivity index (χ2v) is 5.49. The van der Waals surface area contributed by atoms with Gasteiger partial charge in [-0.15, -0.1) is 12.6 Å². The van der Waals surface area contributed by atoms with Crippen molar-refractivity contribution in [2.45, 2.75) is 24.3 Å². The third kappa shape index (κ3) is 3.65. The molecule has 0 saturated heterocycles. The fourth-order valence-corrected chi connectivity index (χ4v) is 2.53. The summed E-state index contributed by atoms with van der Waals surface area (Å²) in [5.41, 5.74) is 8.67. The summed E-state index contributed by atoms with van der Waals surface area (Å²) >= 11 is 9.44. The van der Waals surface area contributed by atoms with Crippen LogP contribution in [0.15, 0.2) is 35.2 Å². The summed E-state index contributed by atoms with van der Waals surface area (Å²) in [6.45, 7) is 1.86. The van der Waals surface area contributed by atoms with Crippen molar-refractivity contribution in [3.8, 4) is 0 Å². The molecule has 0 bridgehead atoms. The van der Waals surface area contributed by atoms with Crippen molar-refractivity contribution < 1.29 is 4.39 Å². The number of nitrogens with two attached hydrogens (primary N) is 1. The van der Waals surface area contributed by atoms with Gasteiger partial charge in [-0.1, -0.05) is 18.3 Å². The molecule has 0 spiro atoms. The number of aryl methyl sites for hydroxylation is 1. The minimum Gasteiger partial charge on any atom is -0.348 e. The van der Waals surface area contributed by atoms with Crippen molar-refractivity contribution in [1.29, 1.82) is 0 Å². The van der Waals surface area contributed by atoms with Crippen LogP contribution in [-0.4, -0.2) is 4.98 Å². The predicted molar refractivity (Wildman–Crippen MR) is 80.6 cm³/mol. The maximum Gasteiger partial charge on any atom is 0.123 e. The predicted octanol–water partition coefficient (Wildman–Crippen LogP) is 3.72. The lowest BCUT2D eigenvalue weighted by Gasteiger charge is -2.14. The molecular formula is C14H15FN2S2. The van der Waals surface area contributed by atoms with Crippen molar-refractivity contribution in [1.82, 2.24) is 4.98 Å². The Balaban J connectivity index is 2.27. The largest absolute Gasteiger partial charge is 0.348 e. The molecule has 2 rings (SSSR count). The molecule has 0 aliphatic rings. The molecule has 0 amide bonds. The molecule has 1 aromatic heterocycles. The van der Waals surface area contributed by atoms with Crippen molar-refractivity contribution in [3.05, 3.63) is 57.6 Å². The molecule has 0 fully saturated rings. The van der Waals surface area contributed by atoms with Crippen molar-refractivity contribution in [2.24, 2.45) is 5.73 Å². The average Bonchev–Trinajstić information content (AvgIpc) is 2.30. The van der Waals surface area contributed by atoms with Crippen molar-refractivity contribution in [2.75, 3.05) is 0 Å². The third-order valence-corrected chi connectivity index (χ3v) is 3.48. The van der Waals surface area contributed by atoms with Crippen LogP contribution in [-0.2, 0) is 6.42 Å². The van der Waals surface area contributed by atoms with Gasteiger partial charge in [-0.2, -0.15) is 0 Å². The van der Waals surface area contributed by atoms with Crippen LogP contribution in [0, 0.1) is 17.4 Å². The Kier molecular flexibility index (Phi) is 4.39. The Morgan fingerprint density at radius 1 is 1.37 bits per heavy atom. The smallest absolute Gasteiger partial charge is 0.123 e. The van der Waals surface area contributed by atoms with Crippen molar-refractivity contribution >= 4 is 24.8 Å². The molecule has 0 saturated carbocycles. The van der Waals surface area contributed by atoms with Gasteiger partial charge in [0.15, 0.2) is 0 Å². The van der Waals surface area contributed by atoms with Gasteiger partial charge >= 0.3 is 0 Å². The fraction of sp³-hybridized carbons (Fsp3) is 0.214. The highest BCUT2D eigenvalue weighted by Crippen LogP contribution is 2.21. The maximum absolute atomic E-state index is 13.3. The first-order valence-corrected chi connectivity index (χ1v) is 6.75. The minimum absolute atomic E-state index is 0.241. The van der Waals surface area contributed by atoms with Crippen molar-refractivity contribution in [3.63, 3.8) is 0 Å². The molecule has 1 aromatic carbocycles. The van der Waals surface area contributed by atoms with E-state index in [4.69, 9.17) is 18.0 Å². The molecule has 3 N–H and O–H groups in total. The topological polar surface area (TPSA) is 41.8 Å². The van der Waals surface area contributed by atoms with Crippen LogP contribution in [0.2, 0.25) is 0 Å². The molecular weight excluding hydrogens is 279 g/mol. The number of aromatic amines is 1. The molecule has 19 heavy (non-hydrogen) atoms. The fourth-order valence-electron chi connectivity index (χ4n) is 2.05. The van der Waals surface area contributed by atoms with E-state index in [1.54, 1.807) is 6.07 Å². The summed E-state index contributed by atoms with van der Waals surface area (Å²) < 4.78 is 14.0. The standard InChI is InChI=1S/C14H15FN2S2/c1-8-4-9(6-10(15)5-8)7-11(16)14-12(18)2-3-13(19)17-14/h2-6,11,18H,7,16H2,1H3,(H,17,19). The van der Waals surface area contributed by atoms with Crippen LogP contribution in [0.3, 0.4) is 0 Å². The number of H-pyrrole nitrogens is 1. The summed E-state index contributed by atoms with van der Waals surface area (Å²) in [6, 6.07) is 8.21. The average molecular weight is 294 g/mol. The number of benzene rings is 1. The van der Waals surface area contributed by atoms with Crippen LogP contribution < -0.4 is 5.73 Å². The molecule has 1 unspecified atom stereocenters. The van der Waals surface area contributed by atoms with Gasteiger partial charge in [-0.25, -0.2) is 4.39 Å². The zero-order valence-corrected chi connectivity index (χ0v) is 12.2. The van der Waals surface area contributed by atoms with Gasteiger partial charge in [0.25, 0.3) is 0 Å². The normalized spacial score (nSPS) is 12.4. The van der Waals surface area contributed by atoms with Crippen LogP contribution in [0.1, 0.15) is 22.9 Å². The first-order valence-electron chi connectivity index (χ1n) is 5.89. The van der Waals surface area contributed by atoms with E-state index in [1.165, 1.54) is 12.1 Å². The molecule has 1 atom stereocenters. The van der Waals surface area contributed by atoms with Gasteiger partial charge in [-0.3, -0.25) is 0 Å². The highest BCUT2D eigenvalue weighted by atomic mass is 32.1. The van der Waals surface area contributed by atoms with Gasteiger partial charge in [0, 0.05) is 16.6 Å². The maximum atomic E-state index is 13.3. The molecule has 0 aliphatic carbocycles. The molecule has 2 nitrogen and oxygen atoms in total. The Morgan fingerprint density at radius 2 is 2.11 bits per heavy atom. The van der Waals surface area contributed by atoms with Gasteiger partial charge in [0.2, 0.25) is 0 Å². The number of thiol groups is 1. The molecule has 2 aromatic rings. The summed E-state index contributed by atoms with van der Waals surface area (Å²) in [5.74, 6) is -0.241. The Morgan fingerprint density at radius 3 is 2.79 bits per heavy atom.